The zero-order valence-corrected chi connectivity index (χ0v) is 19.7. The van der Waals surface area contributed by atoms with Crippen LogP contribution in [0.25, 0.3) is 0 Å². The summed E-state index contributed by atoms with van der Waals surface area (Å²) in [5, 5.41) is 23.2. The molecule has 8 N–H and O–H groups in total. The number of carbonyl (C=O) groups is 2. The second-order valence-electron chi connectivity index (χ2n) is 8.58. The van der Waals surface area contributed by atoms with Crippen molar-refractivity contribution in [2.45, 2.75) is 76.2 Å². The van der Waals surface area contributed by atoms with E-state index in [-0.39, 0.29) is 5.92 Å². The molecule has 2 unspecified atom stereocenters. The smallest absolute Gasteiger partial charge is 0.330 e. The van der Waals surface area contributed by atoms with Gasteiger partial charge in [0.1, 0.15) is 31.0 Å². The van der Waals surface area contributed by atoms with Crippen LogP contribution < -0.4 is 28.0 Å². The maximum absolute atomic E-state index is 13.6. The fourth-order valence-electron chi connectivity index (χ4n) is 3.57. The zero-order valence-electron chi connectivity index (χ0n) is 19.7. The third kappa shape index (κ3) is 7.18. The first-order valence-corrected chi connectivity index (χ1v) is 11.5. The largest absolute Gasteiger partial charge is 0.461 e. The summed E-state index contributed by atoms with van der Waals surface area (Å²) in [7, 11) is 0. The Morgan fingerprint density at radius 3 is 2.63 bits per heavy atom. The standard InChI is InChI=1S/C21H34FN5O8/c1-3-10(2)14(25-18(31)12(24)6-4-5-7-23)20(32)34-9-13-15(28)16(29)19(35-13)27-8-11(22)17(30)26-21(27)33/h8,10,12-16,19,28-29H,3-7,9,23-24H2,1-2H3,(H,25,31)(H,26,30,33)/t10-,12-,13-,14-,15?,16?,19-/m0/s1. The number of unbranched alkanes of at least 4 members (excludes halogenated alkanes) is 1. The third-order valence-electron chi connectivity index (χ3n) is 6.00. The van der Waals surface area contributed by atoms with E-state index < -0.39 is 72.2 Å². The zero-order chi connectivity index (χ0) is 26.3. The average molecular weight is 504 g/mol. The van der Waals surface area contributed by atoms with Crippen molar-refractivity contribution in [3.05, 3.63) is 32.9 Å². The topological polar surface area (TPSA) is 212 Å². The van der Waals surface area contributed by atoms with Crippen molar-refractivity contribution in [3.8, 4) is 0 Å². The van der Waals surface area contributed by atoms with Gasteiger partial charge in [-0.3, -0.25) is 19.1 Å². The van der Waals surface area contributed by atoms with Gasteiger partial charge >= 0.3 is 11.7 Å². The summed E-state index contributed by atoms with van der Waals surface area (Å²) >= 11 is 0. The lowest BCUT2D eigenvalue weighted by molar-refractivity contribution is -0.155. The summed E-state index contributed by atoms with van der Waals surface area (Å²) in [5.41, 5.74) is 9.02. The third-order valence-corrected chi connectivity index (χ3v) is 6.00. The maximum Gasteiger partial charge on any atom is 0.330 e. The number of aromatic nitrogens is 2. The number of hydrogen-bond donors (Lipinski definition) is 6. The van der Waals surface area contributed by atoms with Gasteiger partial charge in [0.2, 0.25) is 11.7 Å². The predicted octanol–water partition coefficient (Wildman–Crippen LogP) is -2.17. The van der Waals surface area contributed by atoms with Gasteiger partial charge in [-0.05, 0) is 25.3 Å². The van der Waals surface area contributed by atoms with Crippen LogP contribution in [0.5, 0.6) is 0 Å². The number of nitrogens with one attached hydrogen (secondary N) is 2. The second-order valence-corrected chi connectivity index (χ2v) is 8.58. The van der Waals surface area contributed by atoms with Crippen molar-refractivity contribution in [2.75, 3.05) is 13.2 Å². The number of rotatable bonds is 12. The molecule has 0 spiro atoms. The molecule has 35 heavy (non-hydrogen) atoms. The number of nitrogens with zero attached hydrogens (tertiary/aromatic N) is 1. The number of carbonyl (C=O) groups excluding carboxylic acids is 2. The van der Waals surface area contributed by atoms with Gasteiger partial charge in [-0.1, -0.05) is 26.7 Å². The molecule has 0 saturated carbocycles. The molecular weight excluding hydrogens is 469 g/mol. The molecule has 1 fully saturated rings. The van der Waals surface area contributed by atoms with E-state index in [2.05, 4.69) is 5.32 Å². The lowest BCUT2D eigenvalue weighted by Gasteiger charge is -2.25. The molecule has 0 aliphatic carbocycles. The van der Waals surface area contributed by atoms with Crippen molar-refractivity contribution in [1.29, 1.82) is 0 Å². The van der Waals surface area contributed by atoms with Gasteiger partial charge in [-0.25, -0.2) is 9.59 Å². The Labute approximate surface area is 200 Å². The first kappa shape index (κ1) is 28.6. The summed E-state index contributed by atoms with van der Waals surface area (Å²) in [4.78, 5) is 50.1. The molecule has 13 nitrogen and oxygen atoms in total. The van der Waals surface area contributed by atoms with Gasteiger partial charge in [0, 0.05) is 0 Å². The molecule has 1 aliphatic rings. The van der Waals surface area contributed by atoms with Gasteiger partial charge in [-0.15, -0.1) is 0 Å². The van der Waals surface area contributed by atoms with Crippen LogP contribution in [0.3, 0.4) is 0 Å². The molecule has 0 radical (unpaired) electrons. The molecule has 1 amide bonds. The van der Waals surface area contributed by atoms with E-state index in [0.717, 1.165) is 0 Å². The number of nitrogens with two attached hydrogens (primary N) is 2. The number of amides is 1. The molecular formula is C21H34FN5O8. The van der Waals surface area contributed by atoms with Crippen LogP contribution in [-0.2, 0) is 19.1 Å². The van der Waals surface area contributed by atoms with Crippen LogP contribution >= 0.6 is 0 Å². The number of aliphatic hydroxyl groups excluding tert-OH is 2. The Morgan fingerprint density at radius 1 is 1.31 bits per heavy atom. The molecule has 1 aromatic heterocycles. The van der Waals surface area contributed by atoms with Gasteiger partial charge in [0.15, 0.2) is 6.23 Å². The van der Waals surface area contributed by atoms with Gasteiger partial charge in [0.25, 0.3) is 5.56 Å². The SMILES string of the molecule is CC[C@H](C)[C@H](NC(=O)[C@@H](N)CCCCN)C(=O)OC[C@@H]1O[C@H](n2cc(F)c(=O)[nH]c2=O)C(O)C1O. The Balaban J connectivity index is 2.04. The second kappa shape index (κ2) is 12.9. The monoisotopic (exact) mass is 503 g/mol. The number of aliphatic hydroxyl groups is 2. The molecule has 1 aliphatic heterocycles. The lowest BCUT2D eigenvalue weighted by Crippen LogP contribution is -2.52. The van der Waals surface area contributed by atoms with Crippen LogP contribution in [0.1, 0.15) is 45.8 Å². The summed E-state index contributed by atoms with van der Waals surface area (Å²) < 4.78 is 24.9. The minimum atomic E-state index is -1.68. The van der Waals surface area contributed by atoms with Crippen LogP contribution in [0.2, 0.25) is 0 Å². The Kier molecular flexibility index (Phi) is 10.5. The predicted molar refractivity (Wildman–Crippen MR) is 120 cm³/mol. The Morgan fingerprint density at radius 2 is 2.00 bits per heavy atom. The number of halogens is 1. The highest BCUT2D eigenvalue weighted by Crippen LogP contribution is 2.28. The van der Waals surface area contributed by atoms with E-state index in [1.54, 1.807) is 11.9 Å². The van der Waals surface area contributed by atoms with Crippen LogP contribution in [0.15, 0.2) is 15.8 Å². The fourth-order valence-corrected chi connectivity index (χ4v) is 3.57. The molecule has 7 atom stereocenters. The van der Waals surface area contributed by atoms with Crippen molar-refractivity contribution in [2.24, 2.45) is 17.4 Å². The highest BCUT2D eigenvalue weighted by Gasteiger charge is 2.45. The number of esters is 1. The summed E-state index contributed by atoms with van der Waals surface area (Å²) in [6.07, 6.45) is -3.23. The van der Waals surface area contributed by atoms with Crippen molar-refractivity contribution in [3.63, 3.8) is 0 Å². The molecule has 0 bridgehead atoms. The molecule has 198 valence electrons. The Bertz CT molecular complexity index is 985. The summed E-state index contributed by atoms with van der Waals surface area (Å²) in [6.45, 7) is 3.51. The molecule has 1 saturated heterocycles. The van der Waals surface area contributed by atoms with E-state index in [1.807, 2.05) is 6.92 Å². The van der Waals surface area contributed by atoms with E-state index in [0.29, 0.717) is 43.0 Å². The van der Waals surface area contributed by atoms with Crippen LogP contribution in [0, 0.1) is 11.7 Å². The summed E-state index contributed by atoms with van der Waals surface area (Å²) in [6, 6.07) is -1.85. The Hall–Kier alpha value is -2.65. The highest BCUT2D eigenvalue weighted by molar-refractivity contribution is 5.87. The molecule has 2 heterocycles. The number of H-pyrrole nitrogens is 1. The summed E-state index contributed by atoms with van der Waals surface area (Å²) in [5.74, 6) is -2.92. The fraction of sp³-hybridized carbons (Fsp3) is 0.714. The minimum absolute atomic E-state index is 0.307. The number of ether oxygens (including phenoxy) is 2. The van der Waals surface area contributed by atoms with Crippen LogP contribution in [-0.4, -0.2) is 75.2 Å². The highest BCUT2D eigenvalue weighted by atomic mass is 19.1. The van der Waals surface area contributed by atoms with Crippen molar-refractivity contribution >= 4 is 11.9 Å². The first-order valence-electron chi connectivity index (χ1n) is 11.5. The lowest BCUT2D eigenvalue weighted by atomic mass is 9.98. The van der Waals surface area contributed by atoms with E-state index >= 15 is 0 Å². The minimum Gasteiger partial charge on any atom is -0.461 e. The van der Waals surface area contributed by atoms with Gasteiger partial charge in [-0.2, -0.15) is 4.39 Å². The van der Waals surface area contributed by atoms with E-state index in [4.69, 9.17) is 20.9 Å². The normalized spacial score (nSPS) is 24.5. The molecule has 1 aromatic rings. The molecule has 0 aromatic carbocycles. The first-order chi connectivity index (χ1) is 16.5. The van der Waals surface area contributed by atoms with Crippen LogP contribution in [0.4, 0.5) is 4.39 Å². The molecule has 14 heteroatoms. The number of hydrogen-bond acceptors (Lipinski definition) is 10. The van der Waals surface area contributed by atoms with Gasteiger partial charge < -0.3 is 36.5 Å². The van der Waals surface area contributed by atoms with E-state index in [1.165, 1.54) is 0 Å². The average Bonchev–Trinajstić information content (AvgIpc) is 3.11. The van der Waals surface area contributed by atoms with Gasteiger partial charge in [0.05, 0.1) is 12.2 Å². The molecule has 2 rings (SSSR count). The van der Waals surface area contributed by atoms with Crippen molar-refractivity contribution < 1.29 is 33.7 Å². The number of aromatic amines is 1. The quantitative estimate of drug-likeness (QED) is 0.134. The maximum atomic E-state index is 13.6. The van der Waals surface area contributed by atoms with E-state index in [9.17, 15) is 33.8 Å². The van der Waals surface area contributed by atoms with Crippen molar-refractivity contribution in [1.82, 2.24) is 14.9 Å².